The van der Waals surface area contributed by atoms with E-state index < -0.39 is 52.2 Å². The van der Waals surface area contributed by atoms with Gasteiger partial charge in [-0.1, -0.05) is 12.1 Å². The van der Waals surface area contributed by atoms with Crippen LogP contribution in [-0.4, -0.2) is 76.3 Å². The largest absolute Gasteiger partial charge is 0.387 e. The Hall–Kier alpha value is -1.96. The minimum Gasteiger partial charge on any atom is -0.387 e. The number of ether oxygens (including phenoxy) is 1. The molecule has 6 atom stereocenters. The van der Waals surface area contributed by atoms with Crippen LogP contribution in [0.4, 0.5) is 10.2 Å². The van der Waals surface area contributed by atoms with E-state index in [2.05, 4.69) is 15.3 Å². The van der Waals surface area contributed by atoms with E-state index in [0.717, 1.165) is 5.56 Å². The minimum absolute atomic E-state index is 0.111. The summed E-state index contributed by atoms with van der Waals surface area (Å²) in [5.74, 6) is -1.34. The van der Waals surface area contributed by atoms with Crippen LogP contribution in [0.2, 0.25) is 5.28 Å². The molecule has 17 heteroatoms. The number of fused-ring (bicyclic) bond motifs is 1. The minimum atomic E-state index is -4.84. The number of aliphatic hydroxyl groups excluding tert-OH is 2. The van der Waals surface area contributed by atoms with Crippen LogP contribution in [0, 0.1) is 5.82 Å². The molecule has 1 fully saturated rings. The molecule has 0 amide bonds. The highest BCUT2D eigenvalue weighted by atomic mass is 35.5. The Kier molecular flexibility index (Phi) is 8.61. The van der Waals surface area contributed by atoms with E-state index >= 15 is 0 Å². The fraction of sp³-hybridized carbons (Fsp3) is 0.429. The van der Waals surface area contributed by atoms with Gasteiger partial charge in [0.25, 0.3) is 0 Å². The smallest absolute Gasteiger partial charge is 0.340 e. The standard InChI is InChI=1S/C21H26ClFN4O9P2/c1-11(8-12-2-4-13(23)5-3-12)24-18-14-6-7-27(19(14)26-21(22)25-18)20-17(29)16(28)15(36-20)9-35-38(33,34)10-37(30,31)32/h2-7,11,15-17,20,28-29H,8-10H2,1H3,(H,33,34)(H,24,25,26)(H2,30,31,32)/t11-,15+,16+,17+,20+/m0/s1. The number of aromatic nitrogens is 3. The quantitative estimate of drug-likeness (QED) is 0.148. The van der Waals surface area contributed by atoms with E-state index in [1.54, 1.807) is 18.2 Å². The third-order valence-corrected chi connectivity index (χ3v) is 9.42. The van der Waals surface area contributed by atoms with Gasteiger partial charge >= 0.3 is 15.2 Å². The average molecular weight is 595 g/mol. The summed E-state index contributed by atoms with van der Waals surface area (Å²) in [5, 5.41) is 24.7. The highest BCUT2D eigenvalue weighted by Crippen LogP contribution is 2.55. The molecule has 1 unspecified atom stereocenters. The summed E-state index contributed by atoms with van der Waals surface area (Å²) in [4.78, 5) is 36.0. The Morgan fingerprint density at radius 2 is 1.84 bits per heavy atom. The highest BCUT2D eigenvalue weighted by molar-refractivity contribution is 7.70. The summed E-state index contributed by atoms with van der Waals surface area (Å²) in [5.41, 5.74) is 1.16. The summed E-state index contributed by atoms with van der Waals surface area (Å²) < 4.78 is 48.0. The van der Waals surface area contributed by atoms with Crippen LogP contribution < -0.4 is 5.32 Å². The van der Waals surface area contributed by atoms with Gasteiger partial charge in [-0.3, -0.25) is 9.13 Å². The molecule has 0 bridgehead atoms. The number of benzene rings is 1. The van der Waals surface area contributed by atoms with Crippen molar-refractivity contribution in [2.24, 2.45) is 0 Å². The molecule has 6 N–H and O–H groups in total. The Morgan fingerprint density at radius 3 is 2.50 bits per heavy atom. The van der Waals surface area contributed by atoms with Crippen LogP contribution in [0.15, 0.2) is 36.5 Å². The lowest BCUT2D eigenvalue weighted by molar-refractivity contribution is -0.0481. The molecule has 0 spiro atoms. The van der Waals surface area contributed by atoms with Crippen molar-refractivity contribution < 1.29 is 47.7 Å². The Labute approximate surface area is 220 Å². The van der Waals surface area contributed by atoms with E-state index in [-0.39, 0.29) is 22.8 Å². The zero-order chi connectivity index (χ0) is 27.8. The van der Waals surface area contributed by atoms with Gasteiger partial charge in [-0.2, -0.15) is 4.98 Å². The van der Waals surface area contributed by atoms with E-state index in [0.29, 0.717) is 17.6 Å². The lowest BCUT2D eigenvalue weighted by Crippen LogP contribution is -2.33. The van der Waals surface area contributed by atoms with Crippen LogP contribution in [-0.2, 0) is 24.8 Å². The molecule has 3 aromatic rings. The predicted octanol–water partition coefficient (Wildman–Crippen LogP) is 2.22. The van der Waals surface area contributed by atoms with Crippen molar-refractivity contribution in [2.45, 2.75) is 43.9 Å². The third-order valence-electron chi connectivity index (χ3n) is 5.80. The number of aliphatic hydroxyl groups is 2. The molecule has 38 heavy (non-hydrogen) atoms. The first-order valence-electron chi connectivity index (χ1n) is 11.3. The van der Waals surface area contributed by atoms with Gasteiger partial charge in [0.1, 0.15) is 35.6 Å². The molecule has 13 nitrogen and oxygen atoms in total. The van der Waals surface area contributed by atoms with Gasteiger partial charge < -0.3 is 44.0 Å². The first-order chi connectivity index (χ1) is 17.7. The maximum atomic E-state index is 13.2. The second kappa shape index (κ2) is 11.3. The van der Waals surface area contributed by atoms with Crippen molar-refractivity contribution in [3.05, 3.63) is 53.2 Å². The van der Waals surface area contributed by atoms with E-state index in [1.165, 1.54) is 22.9 Å². The van der Waals surface area contributed by atoms with Crippen LogP contribution in [0.5, 0.6) is 0 Å². The van der Waals surface area contributed by atoms with Gasteiger partial charge in [0.05, 0.1) is 12.0 Å². The maximum absolute atomic E-state index is 13.2. The number of hydrogen-bond acceptors (Lipinski definition) is 9. The molecule has 0 radical (unpaired) electrons. The summed E-state index contributed by atoms with van der Waals surface area (Å²) in [7, 11) is -9.53. The van der Waals surface area contributed by atoms with E-state index in [9.17, 15) is 28.6 Å². The normalized spacial score (nSPS) is 24.4. The van der Waals surface area contributed by atoms with Gasteiger partial charge in [0, 0.05) is 12.2 Å². The summed E-state index contributed by atoms with van der Waals surface area (Å²) in [6.45, 7) is 1.18. The fourth-order valence-electron chi connectivity index (χ4n) is 4.14. The Morgan fingerprint density at radius 1 is 1.16 bits per heavy atom. The molecule has 2 aromatic heterocycles. The maximum Gasteiger partial charge on any atom is 0.340 e. The van der Waals surface area contributed by atoms with Crippen LogP contribution in [0.1, 0.15) is 18.7 Å². The van der Waals surface area contributed by atoms with Crippen molar-refractivity contribution in [3.63, 3.8) is 0 Å². The average Bonchev–Trinajstić information content (AvgIpc) is 3.33. The van der Waals surface area contributed by atoms with Crippen LogP contribution in [0.3, 0.4) is 0 Å². The zero-order valence-corrected chi connectivity index (χ0v) is 22.4. The van der Waals surface area contributed by atoms with E-state index in [4.69, 9.17) is 30.6 Å². The first kappa shape index (κ1) is 29.0. The van der Waals surface area contributed by atoms with Crippen LogP contribution in [0.25, 0.3) is 11.0 Å². The van der Waals surface area contributed by atoms with Crippen LogP contribution >= 0.6 is 26.8 Å². The third kappa shape index (κ3) is 6.97. The fourth-order valence-corrected chi connectivity index (χ4v) is 6.87. The SMILES string of the molecule is C[C@@H](Cc1ccc(F)cc1)Nc1nc(Cl)nc2c1ccn2[C@@H]1O[C@H](COP(=O)(O)CP(=O)(O)O)[C@@H](O)[C@H]1O. The van der Waals surface area contributed by atoms with Crippen molar-refractivity contribution in [1.29, 1.82) is 0 Å². The number of hydrogen-bond donors (Lipinski definition) is 6. The van der Waals surface area contributed by atoms with Gasteiger partial charge in [0.15, 0.2) is 12.1 Å². The number of rotatable bonds is 10. The van der Waals surface area contributed by atoms with Gasteiger partial charge in [0.2, 0.25) is 5.28 Å². The second-order valence-electron chi connectivity index (χ2n) is 8.96. The second-order valence-corrected chi connectivity index (χ2v) is 13.3. The number of nitrogens with one attached hydrogen (secondary N) is 1. The lowest BCUT2D eigenvalue weighted by Gasteiger charge is -2.19. The molecule has 0 aliphatic carbocycles. The molecular formula is C21H26ClFN4O9P2. The molecule has 0 saturated carbocycles. The summed E-state index contributed by atoms with van der Waals surface area (Å²) in [6.07, 6.45) is -3.49. The van der Waals surface area contributed by atoms with E-state index in [1.807, 2.05) is 6.92 Å². The zero-order valence-electron chi connectivity index (χ0n) is 19.8. The number of nitrogens with zero attached hydrogens (tertiary/aromatic N) is 3. The molecular weight excluding hydrogens is 569 g/mol. The van der Waals surface area contributed by atoms with Gasteiger partial charge in [-0.15, -0.1) is 0 Å². The molecule has 1 saturated heterocycles. The molecule has 1 aromatic carbocycles. The highest BCUT2D eigenvalue weighted by Gasteiger charge is 2.45. The topological polar surface area (TPSA) is 196 Å². The summed E-state index contributed by atoms with van der Waals surface area (Å²) >= 11 is 6.15. The lowest BCUT2D eigenvalue weighted by atomic mass is 10.1. The number of halogens is 2. The number of anilines is 1. The Balaban J connectivity index is 1.51. The first-order valence-corrected chi connectivity index (χ1v) is 15.2. The van der Waals surface area contributed by atoms with Crippen molar-refractivity contribution in [1.82, 2.24) is 14.5 Å². The van der Waals surface area contributed by atoms with Crippen molar-refractivity contribution in [2.75, 3.05) is 17.8 Å². The summed E-state index contributed by atoms with van der Waals surface area (Å²) in [6, 6.07) is 7.61. The monoisotopic (exact) mass is 594 g/mol. The predicted molar refractivity (Wildman–Crippen MR) is 134 cm³/mol. The van der Waals surface area contributed by atoms with Crippen molar-refractivity contribution in [3.8, 4) is 0 Å². The van der Waals surface area contributed by atoms with Gasteiger partial charge in [-0.05, 0) is 48.7 Å². The molecule has 1 aliphatic rings. The molecule has 4 rings (SSSR count). The Bertz CT molecular complexity index is 1390. The molecule has 3 heterocycles. The van der Waals surface area contributed by atoms with Gasteiger partial charge in [-0.25, -0.2) is 9.37 Å². The molecule has 1 aliphatic heterocycles. The molecule has 208 valence electrons. The van der Waals surface area contributed by atoms with Crippen molar-refractivity contribution >= 4 is 43.6 Å².